The molecule has 0 radical (unpaired) electrons. The van der Waals surface area contributed by atoms with Gasteiger partial charge in [-0.25, -0.2) is 0 Å². The van der Waals surface area contributed by atoms with Crippen molar-refractivity contribution < 1.29 is 17.9 Å². The first-order valence-corrected chi connectivity index (χ1v) is 9.45. The average Bonchev–Trinajstić information content (AvgIpc) is 3.18. The largest absolute Gasteiger partial charge is 0.454 e. The lowest BCUT2D eigenvalue weighted by Gasteiger charge is -2.08. The zero-order valence-corrected chi connectivity index (χ0v) is 16.1. The fourth-order valence-electron chi connectivity index (χ4n) is 3.17. The molecule has 0 spiro atoms. The zero-order valence-electron chi connectivity index (χ0n) is 16.1. The molecule has 0 amide bonds. The summed E-state index contributed by atoms with van der Waals surface area (Å²) in [5.41, 5.74) is 5.05. The number of halogens is 2. The molecule has 3 heterocycles. The van der Waals surface area contributed by atoms with Crippen LogP contribution in [0.5, 0.6) is 5.75 Å². The normalized spacial score (nSPS) is 12.4. The summed E-state index contributed by atoms with van der Waals surface area (Å²) in [6, 6.07) is 14.2. The van der Waals surface area contributed by atoms with E-state index >= 15 is 0 Å². The first kappa shape index (κ1) is 19.1. The van der Waals surface area contributed by atoms with Crippen molar-refractivity contribution in [2.24, 2.45) is 0 Å². The highest BCUT2D eigenvalue weighted by Gasteiger charge is 2.14. The third kappa shape index (κ3) is 3.97. The van der Waals surface area contributed by atoms with E-state index in [1.807, 2.05) is 30.5 Å². The predicted molar refractivity (Wildman–Crippen MR) is 108 cm³/mol. The molecule has 4 rings (SSSR count). The smallest absolute Gasteiger partial charge is 0.387 e. The highest BCUT2D eigenvalue weighted by molar-refractivity contribution is 5.92. The fourth-order valence-corrected chi connectivity index (χ4v) is 3.17. The molecule has 148 valence electrons. The summed E-state index contributed by atoms with van der Waals surface area (Å²) < 4.78 is 35.1. The van der Waals surface area contributed by atoms with Crippen molar-refractivity contribution in [1.82, 2.24) is 9.97 Å². The summed E-state index contributed by atoms with van der Waals surface area (Å²) in [4.78, 5) is 8.99. The van der Waals surface area contributed by atoms with Crippen molar-refractivity contribution in [1.29, 1.82) is 0 Å². The van der Waals surface area contributed by atoms with Crippen LogP contribution in [-0.2, 0) is 0 Å². The molecular weight excluding hydrogens is 374 g/mol. The Labute approximate surface area is 167 Å². The number of hydrogen-bond acceptors (Lipinski definition) is 4. The second-order valence-corrected chi connectivity index (χ2v) is 6.87. The Balaban J connectivity index is 1.68. The molecule has 4 nitrogen and oxygen atoms in total. The minimum atomic E-state index is -2.85. The van der Waals surface area contributed by atoms with E-state index in [-0.39, 0.29) is 5.75 Å². The lowest BCUT2D eigenvalue weighted by Crippen LogP contribution is -2.01. The minimum Gasteiger partial charge on any atom is -0.454 e. The summed E-state index contributed by atoms with van der Waals surface area (Å²) in [6.45, 7) is 1.45. The van der Waals surface area contributed by atoms with E-state index in [1.54, 1.807) is 18.3 Å². The van der Waals surface area contributed by atoms with Crippen LogP contribution in [0.1, 0.15) is 31.9 Å². The van der Waals surface area contributed by atoms with Gasteiger partial charge >= 0.3 is 6.61 Å². The van der Waals surface area contributed by atoms with Gasteiger partial charge in [-0.3, -0.25) is 9.97 Å². The number of furan rings is 1. The maximum absolute atomic E-state index is 12.3. The van der Waals surface area contributed by atoms with Gasteiger partial charge in [0.25, 0.3) is 0 Å². The number of pyridine rings is 2. The van der Waals surface area contributed by atoms with Crippen LogP contribution in [-0.4, -0.2) is 16.6 Å². The van der Waals surface area contributed by atoms with Gasteiger partial charge in [0.05, 0.1) is 0 Å². The van der Waals surface area contributed by atoms with Crippen molar-refractivity contribution in [2.75, 3.05) is 0 Å². The van der Waals surface area contributed by atoms with E-state index < -0.39 is 6.61 Å². The van der Waals surface area contributed by atoms with Crippen LogP contribution in [0.4, 0.5) is 8.78 Å². The number of hydrogen-bond donors (Lipinski definition) is 0. The molecule has 0 fully saturated rings. The van der Waals surface area contributed by atoms with Gasteiger partial charge in [0, 0.05) is 40.8 Å². The Hall–Kier alpha value is -3.28. The Bertz CT molecular complexity index is 1110. The molecule has 0 N–H and O–H groups in total. The maximum Gasteiger partial charge on any atom is 0.387 e. The summed E-state index contributed by atoms with van der Waals surface area (Å²) in [7, 11) is 0. The monoisotopic (exact) mass is 394 g/mol. The molecule has 0 bridgehead atoms. The van der Waals surface area contributed by atoms with Gasteiger partial charge in [0.1, 0.15) is 17.0 Å². The number of alkyl halides is 2. The number of aromatic nitrogens is 2. The molecule has 0 aliphatic carbocycles. The summed E-state index contributed by atoms with van der Waals surface area (Å²) in [6.07, 6.45) is 4.63. The van der Waals surface area contributed by atoms with E-state index in [4.69, 9.17) is 4.42 Å². The maximum atomic E-state index is 12.3. The third-order valence-corrected chi connectivity index (χ3v) is 4.99. The molecule has 1 aromatic carbocycles. The third-order valence-electron chi connectivity index (χ3n) is 4.99. The Morgan fingerprint density at radius 1 is 1.00 bits per heavy atom. The molecule has 0 saturated carbocycles. The number of rotatable bonds is 6. The van der Waals surface area contributed by atoms with Crippen molar-refractivity contribution in [3.8, 4) is 28.2 Å². The van der Waals surface area contributed by atoms with Crippen molar-refractivity contribution in [2.45, 2.75) is 32.8 Å². The van der Waals surface area contributed by atoms with Crippen molar-refractivity contribution in [3.63, 3.8) is 0 Å². The first-order chi connectivity index (χ1) is 14.0. The molecule has 0 aliphatic rings. The number of ether oxygens (including phenoxy) is 1. The van der Waals surface area contributed by atoms with Gasteiger partial charge in [-0.05, 0) is 48.7 Å². The highest BCUT2D eigenvalue weighted by atomic mass is 19.3. The minimum absolute atomic E-state index is 0.103. The predicted octanol–water partition coefficient (Wildman–Crippen LogP) is 6.67. The molecular formula is C23H20F2N2O2. The SMILES string of the molecule is CCC(C)c1ccc(-c2ccnc3cc(-c4ccc(OC(F)F)cc4)oc23)cn1. The molecule has 1 unspecified atom stereocenters. The van der Waals surface area contributed by atoms with Crippen LogP contribution in [0.2, 0.25) is 0 Å². The lowest BCUT2D eigenvalue weighted by molar-refractivity contribution is -0.0498. The standard InChI is InChI=1S/C23H20F2N2O2/c1-3-14(2)19-9-6-16(13-27-19)18-10-11-26-20-12-21(29-22(18)20)15-4-7-17(8-5-15)28-23(24)25/h4-14,23H,3H2,1-2H3. The van der Waals surface area contributed by atoms with Crippen molar-refractivity contribution >= 4 is 11.1 Å². The first-order valence-electron chi connectivity index (χ1n) is 9.45. The summed E-state index contributed by atoms with van der Waals surface area (Å²) in [5, 5.41) is 0. The topological polar surface area (TPSA) is 48.2 Å². The Morgan fingerprint density at radius 3 is 2.41 bits per heavy atom. The van der Waals surface area contributed by atoms with E-state index in [0.717, 1.165) is 34.3 Å². The van der Waals surface area contributed by atoms with Crippen LogP contribution in [0.15, 0.2) is 65.3 Å². The number of benzene rings is 1. The van der Waals surface area contributed by atoms with Crippen LogP contribution in [0.3, 0.4) is 0 Å². The Morgan fingerprint density at radius 2 is 1.76 bits per heavy atom. The Kier molecular flexibility index (Phi) is 5.25. The van der Waals surface area contributed by atoms with Gasteiger partial charge < -0.3 is 9.15 Å². The fraction of sp³-hybridized carbons (Fsp3) is 0.217. The van der Waals surface area contributed by atoms with E-state index in [1.165, 1.54) is 12.1 Å². The second-order valence-electron chi connectivity index (χ2n) is 6.87. The van der Waals surface area contributed by atoms with E-state index in [2.05, 4.69) is 28.6 Å². The zero-order chi connectivity index (χ0) is 20.4. The molecule has 1 atom stereocenters. The average molecular weight is 394 g/mol. The molecule has 4 aromatic rings. The van der Waals surface area contributed by atoms with E-state index in [9.17, 15) is 8.78 Å². The van der Waals surface area contributed by atoms with E-state index in [0.29, 0.717) is 17.3 Å². The molecule has 3 aromatic heterocycles. The van der Waals surface area contributed by atoms with Gasteiger partial charge in [-0.1, -0.05) is 19.9 Å². The van der Waals surface area contributed by atoms with Crippen LogP contribution >= 0.6 is 0 Å². The van der Waals surface area contributed by atoms with Gasteiger partial charge in [-0.15, -0.1) is 0 Å². The molecule has 0 saturated heterocycles. The van der Waals surface area contributed by atoms with Crippen LogP contribution in [0, 0.1) is 0 Å². The van der Waals surface area contributed by atoms with Gasteiger partial charge in [0.2, 0.25) is 0 Å². The molecule has 29 heavy (non-hydrogen) atoms. The van der Waals surface area contributed by atoms with Crippen LogP contribution < -0.4 is 4.74 Å². The highest BCUT2D eigenvalue weighted by Crippen LogP contribution is 2.34. The van der Waals surface area contributed by atoms with Gasteiger partial charge in [0.15, 0.2) is 5.58 Å². The van der Waals surface area contributed by atoms with Crippen LogP contribution in [0.25, 0.3) is 33.6 Å². The number of nitrogens with zero attached hydrogens (tertiary/aromatic N) is 2. The summed E-state index contributed by atoms with van der Waals surface area (Å²) >= 11 is 0. The lowest BCUT2D eigenvalue weighted by atomic mass is 10.0. The molecule has 6 heteroatoms. The number of fused-ring (bicyclic) bond motifs is 1. The van der Waals surface area contributed by atoms with Gasteiger partial charge in [-0.2, -0.15) is 8.78 Å². The summed E-state index contributed by atoms with van der Waals surface area (Å²) in [5.74, 6) is 1.12. The second kappa shape index (κ2) is 7.99. The molecule has 0 aliphatic heterocycles. The van der Waals surface area contributed by atoms with Crippen molar-refractivity contribution in [3.05, 3.63) is 66.6 Å². The quantitative estimate of drug-likeness (QED) is 0.366.